The Bertz CT molecular complexity index is 750. The Morgan fingerprint density at radius 2 is 1.83 bits per heavy atom. The van der Waals surface area contributed by atoms with E-state index in [1.807, 2.05) is 0 Å². The first-order chi connectivity index (χ1) is 13.5. The molecule has 0 radical (unpaired) electrons. The topological polar surface area (TPSA) is 96.0 Å². The molecule has 2 saturated carbocycles. The third-order valence-electron chi connectivity index (χ3n) is 6.71. The highest BCUT2D eigenvalue weighted by molar-refractivity contribution is 6.04. The van der Waals surface area contributed by atoms with Gasteiger partial charge in [-0.1, -0.05) is 6.42 Å². The van der Waals surface area contributed by atoms with Crippen molar-refractivity contribution in [2.75, 3.05) is 6.54 Å². The van der Waals surface area contributed by atoms with Crippen LogP contribution < -0.4 is 5.32 Å². The number of nitrogens with one attached hydrogen (secondary N) is 1. The zero-order valence-corrected chi connectivity index (χ0v) is 17.7. The first-order valence-electron chi connectivity index (χ1n) is 10.7. The lowest BCUT2D eigenvalue weighted by molar-refractivity contribution is -0.152. The molecule has 2 aliphatic heterocycles. The van der Waals surface area contributed by atoms with Gasteiger partial charge in [0.1, 0.15) is 11.6 Å². The van der Waals surface area contributed by atoms with Crippen molar-refractivity contribution in [3.63, 3.8) is 0 Å². The Kier molecular flexibility index (Phi) is 4.66. The fourth-order valence-corrected chi connectivity index (χ4v) is 5.13. The molecule has 0 bridgehead atoms. The van der Waals surface area contributed by atoms with Crippen molar-refractivity contribution in [2.45, 2.75) is 89.9 Å². The second-order valence-electron chi connectivity index (χ2n) is 10.00. The van der Waals surface area contributed by atoms with Crippen LogP contribution in [0.3, 0.4) is 0 Å². The third-order valence-corrected chi connectivity index (χ3v) is 6.71. The summed E-state index contributed by atoms with van der Waals surface area (Å²) in [5.41, 5.74) is -1.27. The molecule has 4 rings (SSSR count). The summed E-state index contributed by atoms with van der Waals surface area (Å²) in [6.45, 7) is 7.43. The Hall–Kier alpha value is -2.12. The molecular formula is C21H31N3O5. The molecule has 160 valence electrons. The van der Waals surface area contributed by atoms with E-state index in [9.17, 15) is 19.2 Å². The number of imide groups is 1. The molecule has 1 N–H and O–H groups in total. The fourth-order valence-electron chi connectivity index (χ4n) is 5.13. The van der Waals surface area contributed by atoms with Gasteiger partial charge in [-0.2, -0.15) is 0 Å². The summed E-state index contributed by atoms with van der Waals surface area (Å²) < 4.78 is 5.25. The van der Waals surface area contributed by atoms with Crippen molar-refractivity contribution in [3.8, 4) is 0 Å². The van der Waals surface area contributed by atoms with Gasteiger partial charge in [-0.3, -0.25) is 19.3 Å². The number of ether oxygens (including phenoxy) is 1. The van der Waals surface area contributed by atoms with Gasteiger partial charge in [0.05, 0.1) is 17.5 Å². The number of hydrogen-bond donors (Lipinski definition) is 1. The maximum absolute atomic E-state index is 13.2. The van der Waals surface area contributed by atoms with Crippen LogP contribution in [-0.4, -0.2) is 63.9 Å². The molecule has 4 amide bonds. The third kappa shape index (κ3) is 3.30. The van der Waals surface area contributed by atoms with Gasteiger partial charge in [0.25, 0.3) is 0 Å². The van der Waals surface area contributed by atoms with E-state index in [0.717, 1.165) is 32.1 Å². The zero-order valence-electron chi connectivity index (χ0n) is 17.7. The number of carbonyl (C=O) groups excluding carboxylic acids is 4. The molecule has 8 heteroatoms. The van der Waals surface area contributed by atoms with Gasteiger partial charge in [0.2, 0.25) is 17.7 Å². The fraction of sp³-hybridized carbons (Fsp3) is 0.810. The lowest BCUT2D eigenvalue weighted by Gasteiger charge is -2.44. The summed E-state index contributed by atoms with van der Waals surface area (Å²) in [5, 5.41) is 2.61. The van der Waals surface area contributed by atoms with Crippen LogP contribution in [0.15, 0.2) is 0 Å². The maximum Gasteiger partial charge on any atom is 0.408 e. The summed E-state index contributed by atoms with van der Waals surface area (Å²) in [6, 6.07) is -1.26. The second kappa shape index (κ2) is 6.71. The quantitative estimate of drug-likeness (QED) is 0.723. The maximum atomic E-state index is 13.2. The predicted molar refractivity (Wildman–Crippen MR) is 104 cm³/mol. The van der Waals surface area contributed by atoms with E-state index in [2.05, 4.69) is 5.32 Å². The average molecular weight is 405 g/mol. The van der Waals surface area contributed by atoms with Crippen LogP contribution in [0.2, 0.25) is 0 Å². The largest absolute Gasteiger partial charge is 0.444 e. The average Bonchev–Trinajstić information content (AvgIpc) is 3.28. The van der Waals surface area contributed by atoms with Crippen molar-refractivity contribution >= 4 is 23.8 Å². The van der Waals surface area contributed by atoms with Crippen molar-refractivity contribution in [3.05, 3.63) is 0 Å². The molecule has 4 aliphatic rings. The monoisotopic (exact) mass is 405 g/mol. The number of amides is 4. The predicted octanol–water partition coefficient (Wildman–Crippen LogP) is 1.82. The summed E-state index contributed by atoms with van der Waals surface area (Å²) in [5.74, 6) is -0.376. The molecule has 0 aromatic rings. The van der Waals surface area contributed by atoms with E-state index in [1.165, 1.54) is 4.90 Å². The van der Waals surface area contributed by atoms with Crippen molar-refractivity contribution in [1.29, 1.82) is 0 Å². The lowest BCUT2D eigenvalue weighted by Crippen LogP contribution is -2.56. The highest BCUT2D eigenvalue weighted by Crippen LogP contribution is 2.56. The number of hydrogen-bond acceptors (Lipinski definition) is 5. The van der Waals surface area contributed by atoms with E-state index in [0.29, 0.717) is 13.0 Å². The van der Waals surface area contributed by atoms with Gasteiger partial charge in [-0.05, 0) is 59.8 Å². The molecule has 8 nitrogen and oxygen atoms in total. The van der Waals surface area contributed by atoms with E-state index in [4.69, 9.17) is 4.74 Å². The molecule has 1 spiro atoms. The Balaban J connectivity index is 1.51. The van der Waals surface area contributed by atoms with Gasteiger partial charge in [0.15, 0.2) is 0 Å². The van der Waals surface area contributed by atoms with Gasteiger partial charge < -0.3 is 15.0 Å². The number of nitrogens with zero attached hydrogens (tertiary/aromatic N) is 2. The Morgan fingerprint density at radius 3 is 2.34 bits per heavy atom. The molecule has 2 heterocycles. The van der Waals surface area contributed by atoms with Crippen LogP contribution >= 0.6 is 0 Å². The smallest absolute Gasteiger partial charge is 0.408 e. The highest BCUT2D eigenvalue weighted by Gasteiger charge is 2.68. The zero-order chi connectivity index (χ0) is 21.1. The van der Waals surface area contributed by atoms with Crippen LogP contribution in [-0.2, 0) is 19.1 Å². The minimum absolute atomic E-state index is 0.0210. The van der Waals surface area contributed by atoms with Crippen LogP contribution in [0.25, 0.3) is 0 Å². The number of carbonyl (C=O) groups is 4. The van der Waals surface area contributed by atoms with Gasteiger partial charge >= 0.3 is 6.09 Å². The minimum atomic E-state index is -0.760. The molecule has 0 aromatic heterocycles. The minimum Gasteiger partial charge on any atom is -0.444 e. The van der Waals surface area contributed by atoms with Gasteiger partial charge in [-0.25, -0.2) is 4.79 Å². The van der Waals surface area contributed by atoms with Crippen LogP contribution in [0.1, 0.15) is 66.2 Å². The molecule has 2 saturated heterocycles. The van der Waals surface area contributed by atoms with Crippen LogP contribution in [0.5, 0.6) is 0 Å². The van der Waals surface area contributed by atoms with Crippen molar-refractivity contribution < 1.29 is 23.9 Å². The molecule has 29 heavy (non-hydrogen) atoms. The van der Waals surface area contributed by atoms with E-state index in [1.54, 1.807) is 32.6 Å². The van der Waals surface area contributed by atoms with Crippen LogP contribution in [0, 0.1) is 11.3 Å². The summed E-state index contributed by atoms with van der Waals surface area (Å²) >= 11 is 0. The van der Waals surface area contributed by atoms with E-state index < -0.39 is 23.2 Å². The lowest BCUT2D eigenvalue weighted by atomic mass is 9.64. The molecule has 2 aliphatic carbocycles. The Labute approximate surface area is 171 Å². The standard InChI is InChI=1S/C21H31N3O5/c1-12(22-19(28)29-20(2,3)4)16(25)23-11-8-14-15(23)21(9-5-10-21)18(27)24(14)17(26)13-6-7-13/h12-15H,5-11H2,1-4H3,(H,22,28)/t12-,14-,15-/m0/s1. The normalized spacial score (nSPS) is 28.8. The second-order valence-corrected chi connectivity index (χ2v) is 10.00. The summed E-state index contributed by atoms with van der Waals surface area (Å²) in [4.78, 5) is 54.6. The molecule has 3 atom stereocenters. The number of rotatable bonds is 3. The van der Waals surface area contributed by atoms with Crippen molar-refractivity contribution in [2.24, 2.45) is 11.3 Å². The van der Waals surface area contributed by atoms with E-state index in [-0.39, 0.29) is 35.7 Å². The summed E-state index contributed by atoms with van der Waals surface area (Å²) in [7, 11) is 0. The SMILES string of the molecule is C[C@H](NC(=O)OC(C)(C)C)C(=O)N1CC[C@H]2[C@H]1C1(CCC1)C(=O)N2C(=O)C1CC1. The summed E-state index contributed by atoms with van der Waals surface area (Å²) in [6.07, 6.45) is 4.06. The van der Waals surface area contributed by atoms with Crippen LogP contribution in [0.4, 0.5) is 4.79 Å². The van der Waals surface area contributed by atoms with Gasteiger partial charge in [-0.15, -0.1) is 0 Å². The van der Waals surface area contributed by atoms with Gasteiger partial charge in [0, 0.05) is 12.5 Å². The number of alkyl carbamates (subject to hydrolysis) is 1. The molecule has 0 aromatic carbocycles. The van der Waals surface area contributed by atoms with E-state index >= 15 is 0 Å². The Morgan fingerprint density at radius 1 is 1.17 bits per heavy atom. The number of likely N-dealkylation sites (tertiary alicyclic amines) is 2. The number of fused-ring (bicyclic) bond motifs is 2. The molecule has 4 fully saturated rings. The molecule has 0 unspecified atom stereocenters. The first kappa shape index (κ1) is 20.2. The highest BCUT2D eigenvalue weighted by atomic mass is 16.6. The van der Waals surface area contributed by atoms with Crippen molar-refractivity contribution in [1.82, 2.24) is 15.1 Å². The molecular weight excluding hydrogens is 374 g/mol. The first-order valence-corrected chi connectivity index (χ1v) is 10.7.